The summed E-state index contributed by atoms with van der Waals surface area (Å²) in [5.41, 5.74) is 1.11. The van der Waals surface area contributed by atoms with Crippen LogP contribution in [0.5, 0.6) is 0 Å². The second-order valence-corrected chi connectivity index (χ2v) is 5.27. The first kappa shape index (κ1) is 8.49. The van der Waals surface area contributed by atoms with Gasteiger partial charge in [-0.3, -0.25) is 4.79 Å². The maximum Gasteiger partial charge on any atom is 0.230 e. The number of β-lactam (4-membered cyclic amide) rings is 1. The summed E-state index contributed by atoms with van der Waals surface area (Å²) in [5.74, 6) is 0.232. The molecular weight excluding hydrogens is 216 g/mol. The minimum absolute atomic E-state index is 0.232. The second kappa shape index (κ2) is 3.10. The summed E-state index contributed by atoms with van der Waals surface area (Å²) in [4.78, 5) is 12.9. The Morgan fingerprint density at radius 1 is 1.57 bits per heavy atom. The van der Waals surface area contributed by atoms with Gasteiger partial charge in [-0.1, -0.05) is 0 Å². The highest BCUT2D eigenvalue weighted by Gasteiger charge is 2.39. The molecule has 1 fully saturated rings. The van der Waals surface area contributed by atoms with Crippen LogP contribution in [0, 0.1) is 0 Å². The predicted octanol–water partition coefficient (Wildman–Crippen LogP) is 2.00. The maximum absolute atomic E-state index is 11.1. The van der Waals surface area contributed by atoms with Gasteiger partial charge in [0.05, 0.1) is 22.7 Å². The summed E-state index contributed by atoms with van der Waals surface area (Å²) in [7, 11) is 0. The number of fused-ring (bicyclic) bond motifs is 1. The lowest BCUT2D eigenvalue weighted by molar-refractivity contribution is -0.137. The molecule has 1 amide bonds. The molecule has 0 N–H and O–H groups in total. The van der Waals surface area contributed by atoms with Gasteiger partial charge in [0.25, 0.3) is 0 Å². The number of thioether (sulfide) groups is 1. The van der Waals surface area contributed by atoms with Gasteiger partial charge >= 0.3 is 0 Å². The third-order valence-electron chi connectivity index (χ3n) is 2.42. The van der Waals surface area contributed by atoms with Gasteiger partial charge in [-0.25, -0.2) is 0 Å². The van der Waals surface area contributed by atoms with Crippen molar-refractivity contribution in [1.82, 2.24) is 9.27 Å². The molecule has 2 aliphatic heterocycles. The van der Waals surface area contributed by atoms with Gasteiger partial charge in [0.15, 0.2) is 0 Å². The molecule has 0 spiro atoms. The highest BCUT2D eigenvalue weighted by atomic mass is 32.2. The van der Waals surface area contributed by atoms with Crippen LogP contribution in [0.25, 0.3) is 0 Å². The van der Waals surface area contributed by atoms with E-state index in [4.69, 9.17) is 0 Å². The predicted molar refractivity (Wildman–Crippen MR) is 56.8 cm³/mol. The molecule has 3 rings (SSSR count). The zero-order valence-electron chi connectivity index (χ0n) is 7.29. The molecule has 3 nitrogen and oxygen atoms in total. The Morgan fingerprint density at radius 3 is 3.14 bits per heavy atom. The number of hydrogen-bond donors (Lipinski definition) is 0. The minimum Gasteiger partial charge on any atom is -0.306 e. The minimum atomic E-state index is 0.232. The molecule has 2 atom stereocenters. The van der Waals surface area contributed by atoms with Gasteiger partial charge in [-0.2, -0.15) is 4.37 Å². The van der Waals surface area contributed by atoms with Crippen molar-refractivity contribution in [2.75, 3.05) is 0 Å². The van der Waals surface area contributed by atoms with E-state index in [1.165, 1.54) is 11.5 Å². The molecule has 5 heteroatoms. The van der Waals surface area contributed by atoms with Crippen LogP contribution >= 0.6 is 23.3 Å². The van der Waals surface area contributed by atoms with Gasteiger partial charge in [0.1, 0.15) is 0 Å². The summed E-state index contributed by atoms with van der Waals surface area (Å²) in [6.07, 6.45) is 4.62. The molecule has 0 aromatic carbocycles. The largest absolute Gasteiger partial charge is 0.306 e. The topological polar surface area (TPSA) is 33.2 Å². The summed E-state index contributed by atoms with van der Waals surface area (Å²) < 4.78 is 4.31. The third kappa shape index (κ3) is 1.19. The fraction of sp³-hybridized carbons (Fsp3) is 0.333. The molecule has 0 saturated carbocycles. The number of amides is 1. The smallest absolute Gasteiger partial charge is 0.230 e. The normalized spacial score (nSPS) is 30.0. The Balaban J connectivity index is 1.83. The molecule has 1 unspecified atom stereocenters. The van der Waals surface area contributed by atoms with E-state index < -0.39 is 0 Å². The van der Waals surface area contributed by atoms with Crippen LogP contribution in [0.15, 0.2) is 23.7 Å². The van der Waals surface area contributed by atoms with Crippen molar-refractivity contribution < 1.29 is 4.79 Å². The first-order valence-electron chi connectivity index (χ1n) is 4.40. The summed E-state index contributed by atoms with van der Waals surface area (Å²) in [5, 5.41) is 2.66. The van der Waals surface area contributed by atoms with Gasteiger partial charge in [0, 0.05) is 11.6 Å². The quantitative estimate of drug-likeness (QED) is 0.684. The van der Waals surface area contributed by atoms with Crippen molar-refractivity contribution in [1.29, 1.82) is 0 Å². The molecule has 1 aromatic rings. The molecule has 1 saturated heterocycles. The average Bonchev–Trinajstić information content (AvgIpc) is 2.68. The van der Waals surface area contributed by atoms with Crippen LogP contribution in [-0.4, -0.2) is 20.6 Å². The summed E-state index contributed by atoms with van der Waals surface area (Å²) in [6, 6.07) is 2.04. The number of rotatable bonds is 1. The van der Waals surface area contributed by atoms with Crippen molar-refractivity contribution in [3.05, 3.63) is 29.4 Å². The van der Waals surface area contributed by atoms with Gasteiger partial charge in [0.2, 0.25) is 5.91 Å². The van der Waals surface area contributed by atoms with Gasteiger partial charge < -0.3 is 4.90 Å². The van der Waals surface area contributed by atoms with Crippen molar-refractivity contribution in [2.24, 2.45) is 0 Å². The van der Waals surface area contributed by atoms with Gasteiger partial charge in [-0.15, -0.1) is 11.8 Å². The maximum atomic E-state index is 11.1. The first-order valence-corrected chi connectivity index (χ1v) is 6.18. The second-order valence-electron chi connectivity index (χ2n) is 3.28. The molecule has 2 aliphatic rings. The third-order valence-corrected chi connectivity index (χ3v) is 4.40. The number of carbonyl (C=O) groups is 1. The summed E-state index contributed by atoms with van der Waals surface area (Å²) in [6.45, 7) is 0. The Bertz CT molecular complexity index is 388. The first-order chi connectivity index (χ1) is 6.84. The van der Waals surface area contributed by atoms with E-state index in [-0.39, 0.29) is 5.91 Å². The van der Waals surface area contributed by atoms with E-state index in [9.17, 15) is 4.79 Å². The number of aromatic nitrogens is 1. The van der Waals surface area contributed by atoms with E-state index in [0.717, 1.165) is 5.69 Å². The van der Waals surface area contributed by atoms with Crippen molar-refractivity contribution >= 4 is 29.2 Å². The van der Waals surface area contributed by atoms with Crippen LogP contribution in [0.4, 0.5) is 0 Å². The molecule has 14 heavy (non-hydrogen) atoms. The van der Waals surface area contributed by atoms with Crippen LogP contribution in [0.2, 0.25) is 0 Å². The van der Waals surface area contributed by atoms with E-state index >= 15 is 0 Å². The Kier molecular flexibility index (Phi) is 1.88. The van der Waals surface area contributed by atoms with E-state index in [1.54, 1.807) is 16.7 Å². The number of nitrogens with zero attached hydrogens (tertiary/aromatic N) is 2. The van der Waals surface area contributed by atoms with Gasteiger partial charge in [-0.05, 0) is 23.7 Å². The fourth-order valence-electron chi connectivity index (χ4n) is 1.62. The van der Waals surface area contributed by atoms with Crippen LogP contribution < -0.4 is 0 Å². The molecule has 72 valence electrons. The van der Waals surface area contributed by atoms with Crippen LogP contribution in [-0.2, 0) is 4.79 Å². The lowest BCUT2D eigenvalue weighted by Gasteiger charge is -2.41. The average molecular weight is 224 g/mol. The highest BCUT2D eigenvalue weighted by Crippen LogP contribution is 2.43. The Hall–Kier alpha value is -0.810. The molecule has 0 aliphatic carbocycles. The SMILES string of the molecule is O=C1C[C@H]2SC(c3ccsn3)C=CN12. The zero-order chi connectivity index (χ0) is 9.54. The highest BCUT2D eigenvalue weighted by molar-refractivity contribution is 8.00. The lowest BCUT2D eigenvalue weighted by Crippen LogP contribution is -2.48. The Labute approximate surface area is 90.0 Å². The van der Waals surface area contributed by atoms with E-state index in [2.05, 4.69) is 4.37 Å². The fourth-order valence-corrected chi connectivity index (χ4v) is 3.57. The zero-order valence-corrected chi connectivity index (χ0v) is 8.92. The molecule has 0 bridgehead atoms. The van der Waals surface area contributed by atoms with E-state index in [0.29, 0.717) is 17.0 Å². The molecular formula is C9H8N2OS2. The van der Waals surface area contributed by atoms with Crippen LogP contribution in [0.1, 0.15) is 17.4 Å². The molecule has 0 radical (unpaired) electrons. The lowest BCUT2D eigenvalue weighted by atomic mass is 10.2. The summed E-state index contributed by atoms with van der Waals surface area (Å²) >= 11 is 3.28. The number of carbonyl (C=O) groups excluding carboxylic acids is 1. The standard InChI is InChI=1S/C9H8N2OS2/c12-8-5-9-11(8)3-1-7(14-9)6-2-4-13-10-6/h1-4,7,9H,5H2/t7?,9-/m1/s1. The van der Waals surface area contributed by atoms with Crippen molar-refractivity contribution in [2.45, 2.75) is 17.0 Å². The van der Waals surface area contributed by atoms with Crippen molar-refractivity contribution in [3.63, 3.8) is 0 Å². The molecule has 1 aromatic heterocycles. The monoisotopic (exact) mass is 224 g/mol. The van der Waals surface area contributed by atoms with Crippen LogP contribution in [0.3, 0.4) is 0 Å². The van der Waals surface area contributed by atoms with E-state index in [1.807, 2.05) is 23.7 Å². The number of hydrogen-bond acceptors (Lipinski definition) is 4. The Morgan fingerprint density at radius 2 is 2.50 bits per heavy atom. The van der Waals surface area contributed by atoms with Crippen molar-refractivity contribution in [3.8, 4) is 0 Å². The molecule has 3 heterocycles.